The number of rotatable bonds is 12. The van der Waals surface area contributed by atoms with E-state index in [1.165, 1.54) is 5.56 Å². The number of nitrogens with one attached hydrogen (secondary N) is 1. The third-order valence-electron chi connectivity index (χ3n) is 7.66. The summed E-state index contributed by atoms with van der Waals surface area (Å²) >= 11 is 0. The molecule has 1 aromatic heterocycles. The molecule has 0 saturated carbocycles. The summed E-state index contributed by atoms with van der Waals surface area (Å²) in [5.41, 5.74) is 4.13. The first kappa shape index (κ1) is 26.3. The van der Waals surface area contributed by atoms with Gasteiger partial charge >= 0.3 is 5.97 Å². The van der Waals surface area contributed by atoms with Gasteiger partial charge in [-0.1, -0.05) is 32.0 Å². The van der Waals surface area contributed by atoms with E-state index in [1.807, 2.05) is 30.3 Å². The highest BCUT2D eigenvalue weighted by Gasteiger charge is 2.44. The minimum atomic E-state index is -0.952. The summed E-state index contributed by atoms with van der Waals surface area (Å²) in [5.74, 6) is 0.363. The maximum atomic E-state index is 14.0. The van der Waals surface area contributed by atoms with Crippen LogP contribution in [0, 0.1) is 17.2 Å². The van der Waals surface area contributed by atoms with Gasteiger partial charge in [0.15, 0.2) is 0 Å². The summed E-state index contributed by atoms with van der Waals surface area (Å²) in [6, 6.07) is 13.2. The monoisotopic (exact) mass is 495 g/mol. The second-order valence-corrected chi connectivity index (χ2v) is 10.7. The standard InChI is InChI=1S/C29H38FN3O3/c1-20(2)28-23-11-10-22(30)17-21(23)12-13-29(28,19-36-18-27(34)35)14-16-33(3)15-6-9-26-31-24-7-4-5-8-25(24)32-26/h4-5,7-8,10-11,17,20,28H,6,9,12-16,18-19H2,1-3H3,(H,31,32)(H,34,35)/t28-,29+/m0/s1. The van der Waals surface area contributed by atoms with Crippen LogP contribution in [0.2, 0.25) is 0 Å². The number of carbonyl (C=O) groups is 1. The number of carboxylic acids is 1. The number of carboxylic acid groups (broad SMARTS) is 1. The van der Waals surface area contributed by atoms with Crippen molar-refractivity contribution in [2.75, 3.05) is 33.4 Å². The third-order valence-corrected chi connectivity index (χ3v) is 7.66. The SMILES string of the molecule is CC(C)[C@H]1c2ccc(F)cc2CC[C@@]1(CCN(C)CCCc1nc2ccccc2[nH]1)COCC(=O)O. The summed E-state index contributed by atoms with van der Waals surface area (Å²) in [7, 11) is 2.14. The summed E-state index contributed by atoms with van der Waals surface area (Å²) in [4.78, 5) is 21.6. The molecule has 4 rings (SSSR count). The number of fused-ring (bicyclic) bond motifs is 2. The van der Waals surface area contributed by atoms with E-state index >= 15 is 0 Å². The molecule has 0 saturated heterocycles. The van der Waals surface area contributed by atoms with Gasteiger partial charge in [0.25, 0.3) is 0 Å². The average Bonchev–Trinajstić information content (AvgIpc) is 3.25. The number of aromatic nitrogens is 2. The Morgan fingerprint density at radius 1 is 1.28 bits per heavy atom. The second kappa shape index (κ2) is 11.5. The van der Waals surface area contributed by atoms with Crippen LogP contribution < -0.4 is 0 Å². The number of aromatic amines is 1. The summed E-state index contributed by atoms with van der Waals surface area (Å²) in [6.45, 7) is 6.33. The van der Waals surface area contributed by atoms with Crippen LogP contribution in [0.3, 0.4) is 0 Å². The van der Waals surface area contributed by atoms with Crippen molar-refractivity contribution in [1.29, 1.82) is 0 Å². The largest absolute Gasteiger partial charge is 0.480 e. The molecular formula is C29H38FN3O3. The Morgan fingerprint density at radius 2 is 2.08 bits per heavy atom. The molecule has 0 aliphatic heterocycles. The van der Waals surface area contributed by atoms with Crippen molar-refractivity contribution in [1.82, 2.24) is 14.9 Å². The summed E-state index contributed by atoms with van der Waals surface area (Å²) < 4.78 is 19.7. The quantitative estimate of drug-likeness (QED) is 0.350. The van der Waals surface area contributed by atoms with E-state index in [4.69, 9.17) is 9.84 Å². The van der Waals surface area contributed by atoms with Crippen molar-refractivity contribution < 1.29 is 19.0 Å². The molecule has 1 aliphatic rings. The van der Waals surface area contributed by atoms with Crippen LogP contribution in [0.15, 0.2) is 42.5 Å². The van der Waals surface area contributed by atoms with E-state index in [-0.39, 0.29) is 23.8 Å². The molecule has 1 heterocycles. The molecule has 6 nitrogen and oxygen atoms in total. The maximum absolute atomic E-state index is 14.0. The lowest BCUT2D eigenvalue weighted by molar-refractivity contribution is -0.144. The highest BCUT2D eigenvalue weighted by molar-refractivity contribution is 5.74. The molecule has 0 bridgehead atoms. The van der Waals surface area contributed by atoms with Crippen molar-refractivity contribution in [3.8, 4) is 0 Å². The first-order chi connectivity index (χ1) is 17.3. The number of benzene rings is 2. The Kier molecular flexibility index (Phi) is 8.42. The lowest BCUT2D eigenvalue weighted by Crippen LogP contribution is -2.43. The number of hydrogen-bond acceptors (Lipinski definition) is 4. The molecular weight excluding hydrogens is 457 g/mol. The van der Waals surface area contributed by atoms with E-state index in [1.54, 1.807) is 12.1 Å². The Labute approximate surface area is 212 Å². The van der Waals surface area contributed by atoms with Crippen molar-refractivity contribution in [3.05, 3.63) is 65.2 Å². The molecule has 3 aromatic rings. The fourth-order valence-electron chi connectivity index (χ4n) is 6.05. The van der Waals surface area contributed by atoms with E-state index in [0.29, 0.717) is 12.5 Å². The van der Waals surface area contributed by atoms with Gasteiger partial charge < -0.3 is 19.7 Å². The number of H-pyrrole nitrogens is 1. The number of para-hydroxylation sites is 2. The zero-order valence-electron chi connectivity index (χ0n) is 21.6. The molecule has 1 aliphatic carbocycles. The molecule has 0 fully saturated rings. The summed E-state index contributed by atoms with van der Waals surface area (Å²) in [6.07, 6.45) is 4.42. The van der Waals surface area contributed by atoms with Gasteiger partial charge in [0, 0.05) is 11.8 Å². The number of imidazole rings is 1. The smallest absolute Gasteiger partial charge is 0.329 e. The highest BCUT2D eigenvalue weighted by atomic mass is 19.1. The van der Waals surface area contributed by atoms with E-state index in [9.17, 15) is 9.18 Å². The predicted octanol–water partition coefficient (Wildman–Crippen LogP) is 5.43. The molecule has 194 valence electrons. The Bertz CT molecular complexity index is 1140. The predicted molar refractivity (Wildman–Crippen MR) is 140 cm³/mol. The zero-order chi connectivity index (χ0) is 25.7. The first-order valence-corrected chi connectivity index (χ1v) is 13.0. The van der Waals surface area contributed by atoms with Crippen LogP contribution in [0.1, 0.15) is 56.0 Å². The van der Waals surface area contributed by atoms with Crippen LogP contribution in [0.5, 0.6) is 0 Å². The first-order valence-electron chi connectivity index (χ1n) is 13.0. The highest BCUT2D eigenvalue weighted by Crippen LogP contribution is 2.52. The van der Waals surface area contributed by atoms with E-state index < -0.39 is 5.97 Å². The van der Waals surface area contributed by atoms with Gasteiger partial charge in [-0.05, 0) is 93.0 Å². The Hall–Kier alpha value is -2.77. The third kappa shape index (κ3) is 6.13. The molecule has 36 heavy (non-hydrogen) atoms. The molecule has 7 heteroatoms. The second-order valence-electron chi connectivity index (χ2n) is 10.7. The van der Waals surface area contributed by atoms with Gasteiger partial charge in [0.05, 0.1) is 17.6 Å². The molecule has 0 radical (unpaired) electrons. The minimum absolute atomic E-state index is 0.180. The molecule has 2 N–H and O–H groups in total. The van der Waals surface area contributed by atoms with Crippen molar-refractivity contribution >= 4 is 17.0 Å². The fraction of sp³-hybridized carbons (Fsp3) is 0.517. The normalized spacial score (nSPS) is 19.8. The molecule has 0 spiro atoms. The van der Waals surface area contributed by atoms with Crippen LogP contribution in [-0.4, -0.2) is 59.3 Å². The van der Waals surface area contributed by atoms with Crippen molar-refractivity contribution in [2.24, 2.45) is 11.3 Å². The van der Waals surface area contributed by atoms with Gasteiger partial charge in [-0.15, -0.1) is 0 Å². The van der Waals surface area contributed by atoms with Crippen LogP contribution in [-0.2, 0) is 22.4 Å². The average molecular weight is 496 g/mol. The number of nitrogens with zero attached hydrogens (tertiary/aromatic N) is 2. The summed E-state index contributed by atoms with van der Waals surface area (Å²) in [5, 5.41) is 9.16. The topological polar surface area (TPSA) is 78.5 Å². The van der Waals surface area contributed by atoms with Gasteiger partial charge in [-0.25, -0.2) is 14.2 Å². The number of aliphatic carboxylic acids is 1. The maximum Gasteiger partial charge on any atom is 0.329 e. The molecule has 2 aromatic carbocycles. The van der Waals surface area contributed by atoms with Crippen LogP contribution in [0.25, 0.3) is 11.0 Å². The van der Waals surface area contributed by atoms with Crippen LogP contribution >= 0.6 is 0 Å². The van der Waals surface area contributed by atoms with Gasteiger partial charge in [0.2, 0.25) is 0 Å². The number of aryl methyl sites for hydroxylation is 2. The molecule has 0 amide bonds. The molecule has 2 atom stereocenters. The van der Waals surface area contributed by atoms with E-state index in [2.05, 4.69) is 35.8 Å². The van der Waals surface area contributed by atoms with Crippen molar-refractivity contribution in [2.45, 2.75) is 51.9 Å². The zero-order valence-corrected chi connectivity index (χ0v) is 21.6. The Morgan fingerprint density at radius 3 is 2.83 bits per heavy atom. The molecule has 0 unspecified atom stereocenters. The van der Waals surface area contributed by atoms with E-state index in [0.717, 1.165) is 67.6 Å². The fourth-order valence-corrected chi connectivity index (χ4v) is 6.05. The lowest BCUT2D eigenvalue weighted by atomic mass is 9.59. The van der Waals surface area contributed by atoms with Gasteiger partial charge in [0.1, 0.15) is 18.2 Å². The van der Waals surface area contributed by atoms with Gasteiger partial charge in [-0.3, -0.25) is 0 Å². The van der Waals surface area contributed by atoms with Crippen LogP contribution in [0.4, 0.5) is 4.39 Å². The number of ether oxygens (including phenoxy) is 1. The minimum Gasteiger partial charge on any atom is -0.480 e. The van der Waals surface area contributed by atoms with Gasteiger partial charge in [-0.2, -0.15) is 0 Å². The lowest BCUT2D eigenvalue weighted by Gasteiger charge is -2.48. The number of halogens is 1. The number of hydrogen-bond donors (Lipinski definition) is 2. The Balaban J connectivity index is 1.42. The van der Waals surface area contributed by atoms with Crippen molar-refractivity contribution in [3.63, 3.8) is 0 Å².